The highest BCUT2D eigenvalue weighted by Crippen LogP contribution is 2.37. The van der Waals surface area contributed by atoms with E-state index in [-0.39, 0.29) is 5.38 Å². The van der Waals surface area contributed by atoms with E-state index in [1.165, 1.54) is 49.7 Å². The lowest BCUT2D eigenvalue weighted by Gasteiger charge is -2.16. The van der Waals surface area contributed by atoms with Crippen LogP contribution in [0.15, 0.2) is 66.7 Å². The summed E-state index contributed by atoms with van der Waals surface area (Å²) >= 11 is 6.76. The first-order valence-corrected chi connectivity index (χ1v) is 12.3. The van der Waals surface area contributed by atoms with Gasteiger partial charge in [-0.25, -0.2) is 0 Å². The second-order valence-corrected chi connectivity index (χ2v) is 9.19. The van der Waals surface area contributed by atoms with Gasteiger partial charge >= 0.3 is 0 Å². The summed E-state index contributed by atoms with van der Waals surface area (Å²) in [5.41, 5.74) is 4.56. The van der Waals surface area contributed by atoms with Crippen molar-refractivity contribution in [2.75, 3.05) is 14.2 Å². The molecule has 1 atom stereocenters. The molecule has 3 aromatic carbocycles. The van der Waals surface area contributed by atoms with E-state index in [4.69, 9.17) is 25.8 Å². The molecule has 1 fully saturated rings. The van der Waals surface area contributed by atoms with Gasteiger partial charge in [-0.3, -0.25) is 0 Å². The zero-order chi connectivity index (χ0) is 23.0. The maximum atomic E-state index is 6.76. The minimum Gasteiger partial charge on any atom is -0.497 e. The van der Waals surface area contributed by atoms with Gasteiger partial charge < -0.3 is 14.2 Å². The van der Waals surface area contributed by atoms with Gasteiger partial charge in [0.05, 0.1) is 19.6 Å². The molecule has 1 saturated carbocycles. The summed E-state index contributed by atoms with van der Waals surface area (Å²) < 4.78 is 16.8. The van der Waals surface area contributed by atoms with Crippen molar-refractivity contribution in [3.8, 4) is 17.2 Å². The highest BCUT2D eigenvalue weighted by molar-refractivity contribution is 6.22. The Balaban J connectivity index is 1.36. The highest BCUT2D eigenvalue weighted by atomic mass is 35.5. The van der Waals surface area contributed by atoms with Crippen molar-refractivity contribution in [2.45, 2.75) is 56.4 Å². The van der Waals surface area contributed by atoms with Crippen molar-refractivity contribution in [1.82, 2.24) is 0 Å². The molecule has 0 amide bonds. The molecule has 33 heavy (non-hydrogen) atoms. The number of rotatable bonds is 8. The minimum atomic E-state index is -0.323. The molecule has 0 N–H and O–H groups in total. The molecule has 0 saturated heterocycles. The molecule has 0 aliphatic heterocycles. The van der Waals surface area contributed by atoms with Gasteiger partial charge in [0.15, 0.2) is 0 Å². The molecule has 3 nitrogen and oxygen atoms in total. The lowest BCUT2D eigenvalue weighted by Crippen LogP contribution is -2.00. The minimum absolute atomic E-state index is 0.323. The molecule has 3 aromatic rings. The van der Waals surface area contributed by atoms with Crippen LogP contribution >= 0.6 is 11.6 Å². The fraction of sp³-hybridized carbons (Fsp3) is 0.379. The number of halogens is 1. The Hall–Kier alpha value is -2.65. The van der Waals surface area contributed by atoms with Gasteiger partial charge in [0.2, 0.25) is 0 Å². The van der Waals surface area contributed by atoms with Crippen LogP contribution in [0.25, 0.3) is 0 Å². The van der Waals surface area contributed by atoms with Gasteiger partial charge in [-0.15, -0.1) is 11.6 Å². The van der Waals surface area contributed by atoms with E-state index in [2.05, 4.69) is 24.3 Å². The predicted molar refractivity (Wildman–Crippen MR) is 135 cm³/mol. The Morgan fingerprint density at radius 3 is 2.09 bits per heavy atom. The summed E-state index contributed by atoms with van der Waals surface area (Å²) in [6.07, 6.45) is 8.15. The first kappa shape index (κ1) is 23.5. The summed E-state index contributed by atoms with van der Waals surface area (Å²) in [5.74, 6) is 3.01. The third-order valence-corrected chi connectivity index (χ3v) is 7.09. The van der Waals surface area contributed by atoms with Crippen LogP contribution in [0.3, 0.4) is 0 Å². The van der Waals surface area contributed by atoms with Gasteiger partial charge in [-0.2, -0.15) is 0 Å². The Kier molecular flexibility index (Phi) is 8.17. The van der Waals surface area contributed by atoms with E-state index in [1.54, 1.807) is 14.2 Å². The van der Waals surface area contributed by atoms with Gasteiger partial charge in [-0.1, -0.05) is 62.1 Å². The highest BCUT2D eigenvalue weighted by Gasteiger charge is 2.17. The molecular formula is C29H33ClO3. The van der Waals surface area contributed by atoms with Crippen molar-refractivity contribution in [2.24, 2.45) is 0 Å². The van der Waals surface area contributed by atoms with Gasteiger partial charge in [-0.05, 0) is 59.7 Å². The van der Waals surface area contributed by atoms with E-state index in [1.807, 2.05) is 42.5 Å². The van der Waals surface area contributed by atoms with E-state index >= 15 is 0 Å². The third kappa shape index (κ3) is 6.03. The number of methoxy groups -OCH3 is 2. The Labute approximate surface area is 202 Å². The van der Waals surface area contributed by atoms with Crippen LogP contribution in [-0.2, 0) is 6.61 Å². The topological polar surface area (TPSA) is 27.7 Å². The normalized spacial score (nSPS) is 15.5. The lowest BCUT2D eigenvalue weighted by atomic mass is 9.91. The standard InChI is InChI=1S/C29H33ClO3/c1-31-26-17-18-27(28(19-26)32-2)29(30)24-13-15-25(16-14-24)33-20-21-9-11-23(12-10-21)22-7-5-3-4-6-8-22/h9-19,22,29H,3-8,20H2,1-2H3. The molecule has 0 bridgehead atoms. The predicted octanol–water partition coefficient (Wildman–Crippen LogP) is 8.05. The zero-order valence-electron chi connectivity index (χ0n) is 19.6. The van der Waals surface area contributed by atoms with E-state index < -0.39 is 0 Å². The zero-order valence-corrected chi connectivity index (χ0v) is 20.3. The van der Waals surface area contributed by atoms with Crippen LogP contribution < -0.4 is 14.2 Å². The molecule has 0 heterocycles. The largest absolute Gasteiger partial charge is 0.497 e. The molecule has 174 valence electrons. The van der Waals surface area contributed by atoms with Gasteiger partial charge in [0.25, 0.3) is 0 Å². The summed E-state index contributed by atoms with van der Waals surface area (Å²) in [7, 11) is 3.28. The van der Waals surface area contributed by atoms with Crippen molar-refractivity contribution in [1.29, 1.82) is 0 Å². The van der Waals surface area contributed by atoms with Crippen LogP contribution in [0.4, 0.5) is 0 Å². The lowest BCUT2D eigenvalue weighted by molar-refractivity contribution is 0.306. The van der Waals surface area contributed by atoms with E-state index in [0.29, 0.717) is 12.4 Å². The number of hydrogen-bond acceptors (Lipinski definition) is 3. The van der Waals surface area contributed by atoms with Gasteiger partial charge in [0, 0.05) is 11.6 Å². The molecule has 0 radical (unpaired) electrons. The van der Waals surface area contributed by atoms with Crippen LogP contribution in [0.2, 0.25) is 0 Å². The average Bonchev–Trinajstić information content (AvgIpc) is 3.17. The number of benzene rings is 3. The summed E-state index contributed by atoms with van der Waals surface area (Å²) in [5, 5.41) is -0.323. The summed E-state index contributed by atoms with van der Waals surface area (Å²) in [6.45, 7) is 0.556. The van der Waals surface area contributed by atoms with Crippen molar-refractivity contribution < 1.29 is 14.2 Å². The summed E-state index contributed by atoms with van der Waals surface area (Å²) in [4.78, 5) is 0. The Bertz CT molecular complexity index is 1010. The Morgan fingerprint density at radius 2 is 1.45 bits per heavy atom. The van der Waals surface area contributed by atoms with Crippen molar-refractivity contribution in [3.63, 3.8) is 0 Å². The van der Waals surface area contributed by atoms with E-state index in [9.17, 15) is 0 Å². The number of hydrogen-bond donors (Lipinski definition) is 0. The second-order valence-electron chi connectivity index (χ2n) is 8.76. The molecule has 4 heteroatoms. The molecule has 0 aromatic heterocycles. The van der Waals surface area contributed by atoms with E-state index in [0.717, 1.165) is 28.5 Å². The SMILES string of the molecule is COc1ccc(C(Cl)c2ccc(OCc3ccc(C4CCCCCC4)cc3)cc2)c(OC)c1. The van der Waals surface area contributed by atoms with Crippen LogP contribution in [0.1, 0.15) is 72.1 Å². The smallest absolute Gasteiger partial charge is 0.127 e. The fourth-order valence-corrected chi connectivity index (χ4v) is 4.93. The third-order valence-electron chi connectivity index (χ3n) is 6.60. The summed E-state index contributed by atoms with van der Waals surface area (Å²) in [6, 6.07) is 22.6. The first-order chi connectivity index (χ1) is 16.2. The molecule has 1 aliphatic rings. The van der Waals surface area contributed by atoms with Crippen molar-refractivity contribution >= 4 is 11.6 Å². The number of ether oxygens (including phenoxy) is 3. The van der Waals surface area contributed by atoms with Crippen LogP contribution in [0.5, 0.6) is 17.2 Å². The monoisotopic (exact) mass is 464 g/mol. The maximum Gasteiger partial charge on any atom is 0.127 e. The fourth-order valence-electron chi connectivity index (χ4n) is 4.61. The average molecular weight is 465 g/mol. The van der Waals surface area contributed by atoms with Gasteiger partial charge in [0.1, 0.15) is 23.9 Å². The molecule has 0 spiro atoms. The molecule has 4 rings (SSSR count). The van der Waals surface area contributed by atoms with Crippen LogP contribution in [-0.4, -0.2) is 14.2 Å². The molecule has 1 aliphatic carbocycles. The quantitative estimate of drug-likeness (QED) is 0.249. The first-order valence-electron chi connectivity index (χ1n) is 11.9. The maximum absolute atomic E-state index is 6.76. The molecular weight excluding hydrogens is 432 g/mol. The molecule has 1 unspecified atom stereocenters. The Morgan fingerprint density at radius 1 is 0.788 bits per heavy atom. The number of alkyl halides is 1. The van der Waals surface area contributed by atoms with Crippen LogP contribution in [0, 0.1) is 0 Å². The second kappa shape index (κ2) is 11.5. The van der Waals surface area contributed by atoms with Crippen molar-refractivity contribution in [3.05, 3.63) is 89.0 Å².